The number of hydrogen-bond acceptors (Lipinski definition) is 2. The highest BCUT2D eigenvalue weighted by Crippen LogP contribution is 2.32. The summed E-state index contributed by atoms with van der Waals surface area (Å²) in [7, 11) is 0. The molecule has 81 valence electrons. The number of nitrogens with one attached hydrogen (secondary N) is 1. The van der Waals surface area contributed by atoms with Gasteiger partial charge in [0.25, 0.3) is 0 Å². The van der Waals surface area contributed by atoms with E-state index in [-0.39, 0.29) is 12.1 Å². The molecule has 0 spiro atoms. The summed E-state index contributed by atoms with van der Waals surface area (Å²) in [6.45, 7) is 7.56. The van der Waals surface area contributed by atoms with Gasteiger partial charge in [0.15, 0.2) is 0 Å². The van der Waals surface area contributed by atoms with E-state index < -0.39 is 5.60 Å². The van der Waals surface area contributed by atoms with E-state index in [9.17, 15) is 4.79 Å². The molecule has 3 heteroatoms. The fraction of sp³-hybridized carbons (Fsp3) is 0.818. The number of ether oxygens (including phenoxy) is 1. The third-order valence-electron chi connectivity index (χ3n) is 1.93. The van der Waals surface area contributed by atoms with Crippen LogP contribution < -0.4 is 5.32 Å². The zero-order valence-corrected chi connectivity index (χ0v) is 9.46. The smallest absolute Gasteiger partial charge is 0.407 e. The Morgan fingerprint density at radius 2 is 2.07 bits per heavy atom. The molecule has 0 aromatic heterocycles. The van der Waals surface area contributed by atoms with E-state index in [2.05, 4.69) is 11.7 Å². The molecule has 1 aliphatic carbocycles. The van der Waals surface area contributed by atoms with Crippen LogP contribution in [0.4, 0.5) is 4.79 Å². The first-order valence-corrected chi connectivity index (χ1v) is 5.21. The molecule has 1 aliphatic rings. The van der Waals surface area contributed by atoms with E-state index in [0.717, 1.165) is 0 Å². The summed E-state index contributed by atoms with van der Waals surface area (Å²) >= 11 is 0. The standard InChI is InChI=1S/C11H20NO2/c1-8(7-9-5-6-9)12-10(13)14-11(2,3)4/h7-9H,5-6H2,1-4H3,(H,12,13)/t8-/m0/s1. The van der Waals surface area contributed by atoms with E-state index in [1.807, 2.05) is 27.7 Å². The minimum atomic E-state index is -0.413. The van der Waals surface area contributed by atoms with Crippen LogP contribution >= 0.6 is 0 Å². The number of rotatable bonds is 3. The lowest BCUT2D eigenvalue weighted by molar-refractivity contribution is 0.0514. The van der Waals surface area contributed by atoms with E-state index in [1.165, 1.54) is 12.8 Å². The zero-order valence-electron chi connectivity index (χ0n) is 9.46. The Morgan fingerprint density at radius 1 is 1.50 bits per heavy atom. The van der Waals surface area contributed by atoms with Gasteiger partial charge in [0.1, 0.15) is 5.60 Å². The molecule has 14 heavy (non-hydrogen) atoms. The third-order valence-corrected chi connectivity index (χ3v) is 1.93. The lowest BCUT2D eigenvalue weighted by Crippen LogP contribution is -2.38. The van der Waals surface area contributed by atoms with Gasteiger partial charge >= 0.3 is 6.09 Å². The number of hydrogen-bond donors (Lipinski definition) is 1. The maximum Gasteiger partial charge on any atom is 0.407 e. The number of carbonyl (C=O) groups excluding carboxylic acids is 1. The molecule has 0 saturated heterocycles. The molecule has 0 bridgehead atoms. The van der Waals surface area contributed by atoms with Gasteiger partial charge in [-0.15, -0.1) is 0 Å². The molecule has 0 aromatic carbocycles. The molecule has 1 atom stereocenters. The Balaban J connectivity index is 2.18. The molecule has 0 aliphatic heterocycles. The van der Waals surface area contributed by atoms with Crippen molar-refractivity contribution in [1.29, 1.82) is 0 Å². The highest BCUT2D eigenvalue weighted by atomic mass is 16.6. The predicted molar refractivity (Wildman–Crippen MR) is 55.9 cm³/mol. The molecule has 0 aromatic rings. The molecular formula is C11H20NO2. The fourth-order valence-corrected chi connectivity index (χ4v) is 1.24. The van der Waals surface area contributed by atoms with Crippen molar-refractivity contribution in [3.8, 4) is 0 Å². The average molecular weight is 198 g/mol. The molecule has 1 saturated carbocycles. The number of amides is 1. The summed E-state index contributed by atoms with van der Waals surface area (Å²) in [4.78, 5) is 11.3. The van der Waals surface area contributed by atoms with Crippen LogP contribution in [0.25, 0.3) is 0 Å². The van der Waals surface area contributed by atoms with E-state index in [0.29, 0.717) is 5.92 Å². The maximum atomic E-state index is 11.3. The van der Waals surface area contributed by atoms with Gasteiger partial charge < -0.3 is 10.1 Å². The molecule has 1 rings (SSSR count). The van der Waals surface area contributed by atoms with Gasteiger partial charge in [-0.2, -0.15) is 0 Å². The quantitative estimate of drug-likeness (QED) is 0.756. The van der Waals surface area contributed by atoms with Gasteiger partial charge in [-0.25, -0.2) is 4.79 Å². The Labute approximate surface area is 86.2 Å². The van der Waals surface area contributed by atoms with Crippen molar-refractivity contribution in [3.63, 3.8) is 0 Å². The topological polar surface area (TPSA) is 38.3 Å². The van der Waals surface area contributed by atoms with Gasteiger partial charge in [-0.1, -0.05) is 0 Å². The largest absolute Gasteiger partial charge is 0.444 e. The Kier molecular flexibility index (Phi) is 3.40. The maximum absolute atomic E-state index is 11.3. The molecule has 1 radical (unpaired) electrons. The van der Waals surface area contributed by atoms with Crippen LogP contribution in [0.5, 0.6) is 0 Å². The number of carbonyl (C=O) groups is 1. The average Bonchev–Trinajstić information content (AvgIpc) is 2.64. The normalized spacial score (nSPS) is 18.9. The van der Waals surface area contributed by atoms with Crippen LogP contribution in [0, 0.1) is 12.3 Å². The Hall–Kier alpha value is -0.730. The van der Waals surface area contributed by atoms with Gasteiger partial charge in [-0.05, 0) is 52.9 Å². The lowest BCUT2D eigenvalue weighted by atomic mass is 10.1. The highest BCUT2D eigenvalue weighted by Gasteiger charge is 2.25. The first-order chi connectivity index (χ1) is 6.37. The highest BCUT2D eigenvalue weighted by molar-refractivity contribution is 5.68. The van der Waals surface area contributed by atoms with Crippen molar-refractivity contribution in [1.82, 2.24) is 5.32 Å². The predicted octanol–water partition coefficient (Wildman–Crippen LogP) is 2.51. The first kappa shape index (κ1) is 11.3. The van der Waals surface area contributed by atoms with E-state index in [1.54, 1.807) is 0 Å². The SMILES string of the molecule is C[C@@H]([CH]C1CC1)NC(=O)OC(C)(C)C. The van der Waals surface area contributed by atoms with Crippen LogP contribution in [0.2, 0.25) is 0 Å². The van der Waals surface area contributed by atoms with Crippen LogP contribution in [-0.4, -0.2) is 17.7 Å². The van der Waals surface area contributed by atoms with E-state index >= 15 is 0 Å². The van der Waals surface area contributed by atoms with Gasteiger partial charge in [0.05, 0.1) is 0 Å². The third kappa shape index (κ3) is 5.10. The van der Waals surface area contributed by atoms with Crippen LogP contribution in [0.3, 0.4) is 0 Å². The van der Waals surface area contributed by atoms with Crippen LogP contribution in [-0.2, 0) is 4.74 Å². The summed E-state index contributed by atoms with van der Waals surface area (Å²) in [5.74, 6) is 0.708. The molecule has 1 amide bonds. The minimum absolute atomic E-state index is 0.109. The zero-order chi connectivity index (χ0) is 10.8. The molecule has 1 fully saturated rings. The second-order valence-electron chi connectivity index (χ2n) is 4.96. The van der Waals surface area contributed by atoms with Crippen molar-refractivity contribution in [2.75, 3.05) is 0 Å². The summed E-state index contributed by atoms with van der Waals surface area (Å²) in [5.41, 5.74) is -0.413. The van der Waals surface area contributed by atoms with Crippen LogP contribution in [0.1, 0.15) is 40.5 Å². The second-order valence-corrected chi connectivity index (χ2v) is 4.96. The van der Waals surface area contributed by atoms with Crippen molar-refractivity contribution < 1.29 is 9.53 Å². The van der Waals surface area contributed by atoms with Gasteiger partial charge in [0, 0.05) is 6.04 Å². The number of alkyl carbamates (subject to hydrolysis) is 1. The molecule has 0 unspecified atom stereocenters. The summed E-state index contributed by atoms with van der Waals surface area (Å²) < 4.78 is 5.14. The monoisotopic (exact) mass is 198 g/mol. The van der Waals surface area contributed by atoms with Gasteiger partial charge in [0.2, 0.25) is 0 Å². The Morgan fingerprint density at radius 3 is 2.50 bits per heavy atom. The fourth-order valence-electron chi connectivity index (χ4n) is 1.24. The van der Waals surface area contributed by atoms with Crippen molar-refractivity contribution in [2.24, 2.45) is 5.92 Å². The second kappa shape index (κ2) is 4.20. The van der Waals surface area contributed by atoms with Crippen molar-refractivity contribution in [3.05, 3.63) is 6.42 Å². The van der Waals surface area contributed by atoms with Crippen molar-refractivity contribution >= 4 is 6.09 Å². The molecule has 0 heterocycles. The molecular weight excluding hydrogens is 178 g/mol. The Bertz CT molecular complexity index is 204. The van der Waals surface area contributed by atoms with Crippen molar-refractivity contribution in [2.45, 2.75) is 52.2 Å². The summed E-state index contributed by atoms with van der Waals surface area (Å²) in [6.07, 6.45) is 4.37. The van der Waals surface area contributed by atoms with Crippen LogP contribution in [0.15, 0.2) is 0 Å². The van der Waals surface area contributed by atoms with E-state index in [4.69, 9.17) is 4.74 Å². The van der Waals surface area contributed by atoms with Gasteiger partial charge in [-0.3, -0.25) is 0 Å². The minimum Gasteiger partial charge on any atom is -0.444 e. The summed E-state index contributed by atoms with van der Waals surface area (Å²) in [6, 6.07) is 0.109. The first-order valence-electron chi connectivity index (χ1n) is 5.21. The summed E-state index contributed by atoms with van der Waals surface area (Å²) in [5, 5.41) is 2.79. The molecule has 1 N–H and O–H groups in total. The lowest BCUT2D eigenvalue weighted by Gasteiger charge is -2.21. The molecule has 3 nitrogen and oxygen atoms in total.